The first-order chi connectivity index (χ1) is 7.64. The van der Waals surface area contributed by atoms with Crippen molar-refractivity contribution in [1.82, 2.24) is 4.98 Å². The molecule has 2 rings (SSSR count). The number of carbonyl (C=O) groups excluding carboxylic acids is 1. The summed E-state index contributed by atoms with van der Waals surface area (Å²) in [6.45, 7) is 1.95. The van der Waals surface area contributed by atoms with E-state index in [1.54, 1.807) is 13.3 Å². The van der Waals surface area contributed by atoms with E-state index in [0.29, 0.717) is 5.88 Å². The van der Waals surface area contributed by atoms with Crippen LogP contribution in [0.15, 0.2) is 12.3 Å². The molecule has 0 bridgehead atoms. The fourth-order valence-electron chi connectivity index (χ4n) is 1.97. The van der Waals surface area contributed by atoms with Crippen LogP contribution in [0.4, 0.5) is 0 Å². The first kappa shape index (κ1) is 10.9. The van der Waals surface area contributed by atoms with Crippen LogP contribution in [-0.4, -0.2) is 25.2 Å². The predicted molar refractivity (Wildman–Crippen MR) is 58.5 cm³/mol. The monoisotopic (exact) mass is 221 g/mol. The summed E-state index contributed by atoms with van der Waals surface area (Å²) in [6.07, 6.45) is 3.35. The molecule has 16 heavy (non-hydrogen) atoms. The number of hydrogen-bond donors (Lipinski definition) is 0. The zero-order chi connectivity index (χ0) is 11.8. The van der Waals surface area contributed by atoms with Gasteiger partial charge >= 0.3 is 5.97 Å². The van der Waals surface area contributed by atoms with Crippen LogP contribution < -0.4 is 4.74 Å². The van der Waals surface area contributed by atoms with Gasteiger partial charge < -0.3 is 9.47 Å². The molecule has 1 aromatic heterocycles. The molecule has 4 heteroatoms. The van der Waals surface area contributed by atoms with E-state index >= 15 is 0 Å². The predicted octanol–water partition coefficient (Wildman–Crippen LogP) is 1.60. The van der Waals surface area contributed by atoms with E-state index in [0.717, 1.165) is 24.0 Å². The van der Waals surface area contributed by atoms with Crippen molar-refractivity contribution in [2.45, 2.75) is 25.2 Å². The lowest BCUT2D eigenvalue weighted by Gasteiger charge is -2.16. The highest BCUT2D eigenvalue weighted by Gasteiger charge is 2.54. The van der Waals surface area contributed by atoms with Gasteiger partial charge in [-0.25, -0.2) is 4.98 Å². The molecule has 0 unspecified atom stereocenters. The number of aromatic nitrogens is 1. The second-order valence-electron chi connectivity index (χ2n) is 4.14. The van der Waals surface area contributed by atoms with Crippen molar-refractivity contribution in [3.8, 4) is 5.88 Å². The van der Waals surface area contributed by atoms with Crippen LogP contribution in [0.2, 0.25) is 0 Å². The summed E-state index contributed by atoms with van der Waals surface area (Å²) in [5.41, 5.74) is 1.35. The number of carbonyl (C=O) groups is 1. The SMILES string of the molecule is COC(=O)C1(c2cc(C)cnc2OC)CC1. The van der Waals surface area contributed by atoms with Crippen molar-refractivity contribution in [1.29, 1.82) is 0 Å². The number of ether oxygens (including phenoxy) is 2. The summed E-state index contributed by atoms with van der Waals surface area (Å²) < 4.78 is 10.1. The van der Waals surface area contributed by atoms with Crippen LogP contribution in [0.3, 0.4) is 0 Å². The number of pyridine rings is 1. The molecule has 0 amide bonds. The summed E-state index contributed by atoms with van der Waals surface area (Å²) in [6, 6.07) is 1.95. The van der Waals surface area contributed by atoms with Crippen LogP contribution in [0.5, 0.6) is 5.88 Å². The third kappa shape index (κ3) is 1.54. The molecular formula is C12H15NO3. The topological polar surface area (TPSA) is 48.4 Å². The molecule has 1 aromatic rings. The van der Waals surface area contributed by atoms with Crippen molar-refractivity contribution in [2.75, 3.05) is 14.2 Å². The number of aryl methyl sites for hydroxylation is 1. The molecule has 0 spiro atoms. The molecule has 1 heterocycles. The lowest BCUT2D eigenvalue weighted by molar-refractivity contribution is -0.143. The van der Waals surface area contributed by atoms with Crippen molar-refractivity contribution in [3.05, 3.63) is 23.4 Å². The van der Waals surface area contributed by atoms with Gasteiger partial charge in [-0.2, -0.15) is 0 Å². The fraction of sp³-hybridized carbons (Fsp3) is 0.500. The Morgan fingerprint density at radius 3 is 2.62 bits per heavy atom. The van der Waals surface area contributed by atoms with Crippen molar-refractivity contribution in [2.24, 2.45) is 0 Å². The molecule has 1 aliphatic carbocycles. The van der Waals surface area contributed by atoms with Crippen LogP contribution in [-0.2, 0) is 14.9 Å². The van der Waals surface area contributed by atoms with Gasteiger partial charge in [-0.3, -0.25) is 4.79 Å². The second kappa shape index (κ2) is 3.77. The van der Waals surface area contributed by atoms with E-state index in [-0.39, 0.29) is 5.97 Å². The number of nitrogens with zero attached hydrogens (tertiary/aromatic N) is 1. The van der Waals surface area contributed by atoms with Crippen molar-refractivity contribution in [3.63, 3.8) is 0 Å². The highest BCUT2D eigenvalue weighted by molar-refractivity contribution is 5.87. The zero-order valence-electron chi connectivity index (χ0n) is 9.74. The Labute approximate surface area is 94.6 Å². The lowest BCUT2D eigenvalue weighted by Crippen LogP contribution is -2.23. The quantitative estimate of drug-likeness (QED) is 0.727. The normalized spacial score (nSPS) is 16.7. The van der Waals surface area contributed by atoms with E-state index in [9.17, 15) is 4.79 Å². The maximum atomic E-state index is 11.8. The Kier molecular flexibility index (Phi) is 2.58. The molecule has 4 nitrogen and oxygen atoms in total. The number of methoxy groups -OCH3 is 2. The lowest BCUT2D eigenvalue weighted by atomic mass is 9.96. The standard InChI is InChI=1S/C12H15NO3/c1-8-6-9(10(15-2)13-7-8)12(4-5-12)11(14)16-3/h6-7H,4-5H2,1-3H3. The molecule has 1 aliphatic rings. The Hall–Kier alpha value is -1.58. The van der Waals surface area contributed by atoms with Crippen LogP contribution in [0.25, 0.3) is 0 Å². The number of esters is 1. The van der Waals surface area contributed by atoms with E-state index < -0.39 is 5.41 Å². The largest absolute Gasteiger partial charge is 0.481 e. The third-order valence-electron chi connectivity index (χ3n) is 3.02. The van der Waals surface area contributed by atoms with Gasteiger partial charge in [-0.15, -0.1) is 0 Å². The number of hydrogen-bond acceptors (Lipinski definition) is 4. The van der Waals surface area contributed by atoms with Gasteiger partial charge in [-0.05, 0) is 31.4 Å². The highest BCUT2D eigenvalue weighted by atomic mass is 16.5. The average molecular weight is 221 g/mol. The molecule has 0 aliphatic heterocycles. The summed E-state index contributed by atoms with van der Waals surface area (Å²) in [5.74, 6) is 0.326. The molecule has 0 aromatic carbocycles. The van der Waals surface area contributed by atoms with Crippen LogP contribution in [0.1, 0.15) is 24.0 Å². The molecule has 0 saturated heterocycles. The van der Waals surface area contributed by atoms with Crippen LogP contribution in [0, 0.1) is 6.92 Å². The number of rotatable bonds is 3. The minimum Gasteiger partial charge on any atom is -0.481 e. The van der Waals surface area contributed by atoms with Crippen molar-refractivity contribution >= 4 is 5.97 Å². The van der Waals surface area contributed by atoms with Gasteiger partial charge in [0.1, 0.15) is 0 Å². The smallest absolute Gasteiger partial charge is 0.316 e. The van der Waals surface area contributed by atoms with Gasteiger partial charge in [0, 0.05) is 11.8 Å². The van der Waals surface area contributed by atoms with Gasteiger partial charge in [0.2, 0.25) is 5.88 Å². The summed E-state index contributed by atoms with van der Waals surface area (Å²) >= 11 is 0. The maximum Gasteiger partial charge on any atom is 0.316 e. The Balaban J connectivity index is 2.47. The average Bonchev–Trinajstić information content (AvgIpc) is 3.09. The van der Waals surface area contributed by atoms with Gasteiger partial charge in [0.15, 0.2) is 0 Å². The summed E-state index contributed by atoms with van der Waals surface area (Å²) in [5, 5.41) is 0. The Morgan fingerprint density at radius 2 is 2.12 bits per heavy atom. The molecular weight excluding hydrogens is 206 g/mol. The van der Waals surface area contributed by atoms with E-state index in [1.807, 2.05) is 13.0 Å². The van der Waals surface area contributed by atoms with Crippen LogP contribution >= 0.6 is 0 Å². The van der Waals surface area contributed by atoms with E-state index in [2.05, 4.69) is 4.98 Å². The molecule has 1 fully saturated rings. The minimum atomic E-state index is -0.515. The molecule has 1 saturated carbocycles. The second-order valence-corrected chi connectivity index (χ2v) is 4.14. The first-order valence-corrected chi connectivity index (χ1v) is 5.23. The molecule has 0 N–H and O–H groups in total. The van der Waals surface area contributed by atoms with E-state index in [4.69, 9.17) is 9.47 Å². The Morgan fingerprint density at radius 1 is 1.44 bits per heavy atom. The summed E-state index contributed by atoms with van der Waals surface area (Å²) in [4.78, 5) is 16.0. The van der Waals surface area contributed by atoms with Gasteiger partial charge in [0.05, 0.1) is 19.6 Å². The molecule has 0 atom stereocenters. The Bertz CT molecular complexity index is 424. The maximum absolute atomic E-state index is 11.8. The summed E-state index contributed by atoms with van der Waals surface area (Å²) in [7, 11) is 2.98. The van der Waals surface area contributed by atoms with Crippen molar-refractivity contribution < 1.29 is 14.3 Å². The molecule has 86 valence electrons. The van der Waals surface area contributed by atoms with Gasteiger partial charge in [-0.1, -0.05) is 0 Å². The molecule has 0 radical (unpaired) electrons. The third-order valence-corrected chi connectivity index (χ3v) is 3.02. The minimum absolute atomic E-state index is 0.196. The highest BCUT2D eigenvalue weighted by Crippen LogP contribution is 2.51. The first-order valence-electron chi connectivity index (χ1n) is 5.23. The fourth-order valence-corrected chi connectivity index (χ4v) is 1.97. The van der Waals surface area contributed by atoms with E-state index in [1.165, 1.54) is 7.11 Å². The zero-order valence-corrected chi connectivity index (χ0v) is 9.74. The van der Waals surface area contributed by atoms with Gasteiger partial charge in [0.25, 0.3) is 0 Å².